The molecule has 7 heteroatoms. The zero-order valence-electron chi connectivity index (χ0n) is 9.52. The molecule has 18 heavy (non-hydrogen) atoms. The van der Waals surface area contributed by atoms with Crippen LogP contribution in [-0.2, 0) is 6.42 Å². The van der Waals surface area contributed by atoms with Gasteiger partial charge in [-0.25, -0.2) is 8.78 Å². The molecule has 0 aliphatic heterocycles. The van der Waals surface area contributed by atoms with Crippen LogP contribution in [0, 0.1) is 11.6 Å². The molecule has 1 aromatic carbocycles. The van der Waals surface area contributed by atoms with Crippen molar-refractivity contribution < 1.29 is 26.7 Å². The molecule has 2 nitrogen and oxygen atoms in total. The largest absolute Gasteiger partial charge is 0.478 e. The first-order valence-corrected chi connectivity index (χ1v) is 5.12. The van der Waals surface area contributed by atoms with E-state index in [2.05, 4.69) is 4.74 Å². The lowest BCUT2D eigenvalue weighted by Gasteiger charge is -2.12. The van der Waals surface area contributed by atoms with E-state index in [9.17, 15) is 22.0 Å². The predicted molar refractivity (Wildman–Crippen MR) is 55.3 cm³/mol. The summed E-state index contributed by atoms with van der Waals surface area (Å²) in [6.45, 7) is -0.0998. The third-order valence-corrected chi connectivity index (χ3v) is 2.00. The average molecular weight is 269 g/mol. The summed E-state index contributed by atoms with van der Waals surface area (Å²) in [7, 11) is 0. The molecule has 0 amide bonds. The number of ether oxygens (including phenoxy) is 1. The maximum Gasteiger partial charge on any atom is 0.422 e. The molecule has 0 radical (unpaired) electrons. The van der Waals surface area contributed by atoms with Crippen LogP contribution in [0.2, 0.25) is 0 Å². The van der Waals surface area contributed by atoms with Crippen molar-refractivity contribution in [2.75, 3.05) is 6.61 Å². The highest BCUT2D eigenvalue weighted by molar-refractivity contribution is 5.31. The third kappa shape index (κ3) is 4.48. The maximum atomic E-state index is 13.4. The van der Waals surface area contributed by atoms with Crippen LogP contribution in [0.4, 0.5) is 22.0 Å². The molecule has 2 N–H and O–H groups in total. The quantitative estimate of drug-likeness (QED) is 0.853. The fourth-order valence-corrected chi connectivity index (χ4v) is 1.39. The molecule has 0 saturated carbocycles. The number of hydrogen-bond donors (Lipinski definition) is 1. The number of rotatable bonds is 4. The highest BCUT2D eigenvalue weighted by Gasteiger charge is 2.29. The summed E-state index contributed by atoms with van der Waals surface area (Å²) in [4.78, 5) is 0. The summed E-state index contributed by atoms with van der Waals surface area (Å²) in [6, 6.07) is 1.52. The van der Waals surface area contributed by atoms with E-state index in [1.807, 2.05) is 0 Å². The second-order valence-electron chi connectivity index (χ2n) is 3.97. The first-order valence-electron chi connectivity index (χ1n) is 5.12. The molecule has 0 spiro atoms. The van der Waals surface area contributed by atoms with E-state index in [0.29, 0.717) is 0 Å². The summed E-state index contributed by atoms with van der Waals surface area (Å²) in [5, 5.41) is 0. The number of halogens is 5. The Morgan fingerprint density at radius 1 is 1.22 bits per heavy atom. The van der Waals surface area contributed by atoms with Gasteiger partial charge in [-0.1, -0.05) is 0 Å². The molecule has 1 unspecified atom stereocenters. The molecule has 0 fully saturated rings. The molecule has 102 valence electrons. The Hall–Kier alpha value is -1.37. The van der Waals surface area contributed by atoms with Crippen LogP contribution in [-0.4, -0.2) is 18.8 Å². The lowest BCUT2D eigenvalue weighted by atomic mass is 10.1. The van der Waals surface area contributed by atoms with Crippen LogP contribution in [0.5, 0.6) is 5.75 Å². The van der Waals surface area contributed by atoms with E-state index >= 15 is 0 Å². The smallest absolute Gasteiger partial charge is 0.422 e. The van der Waals surface area contributed by atoms with Crippen molar-refractivity contribution in [1.29, 1.82) is 0 Å². The van der Waals surface area contributed by atoms with Gasteiger partial charge in [0.15, 0.2) is 24.0 Å². The monoisotopic (exact) mass is 269 g/mol. The van der Waals surface area contributed by atoms with Gasteiger partial charge in [0.05, 0.1) is 0 Å². The van der Waals surface area contributed by atoms with E-state index < -0.39 is 30.2 Å². The molecule has 0 aromatic heterocycles. The van der Waals surface area contributed by atoms with Crippen LogP contribution in [0.1, 0.15) is 12.5 Å². The van der Waals surface area contributed by atoms with Crippen LogP contribution in [0.25, 0.3) is 0 Å². The summed E-state index contributed by atoms with van der Waals surface area (Å²) in [6.07, 6.45) is -4.43. The van der Waals surface area contributed by atoms with Crippen molar-refractivity contribution in [3.05, 3.63) is 29.3 Å². The predicted octanol–water partition coefficient (Wildman–Crippen LogP) is 2.80. The molecule has 0 aliphatic rings. The van der Waals surface area contributed by atoms with Crippen molar-refractivity contribution in [3.63, 3.8) is 0 Å². The molecule has 0 bridgehead atoms. The fourth-order valence-electron chi connectivity index (χ4n) is 1.39. The van der Waals surface area contributed by atoms with Gasteiger partial charge in [0.25, 0.3) is 0 Å². The zero-order valence-corrected chi connectivity index (χ0v) is 9.52. The van der Waals surface area contributed by atoms with E-state index in [0.717, 1.165) is 12.1 Å². The number of alkyl halides is 3. The van der Waals surface area contributed by atoms with Gasteiger partial charge < -0.3 is 10.5 Å². The number of benzene rings is 1. The van der Waals surface area contributed by atoms with Gasteiger partial charge >= 0.3 is 6.18 Å². The van der Waals surface area contributed by atoms with Gasteiger partial charge in [0.1, 0.15) is 0 Å². The van der Waals surface area contributed by atoms with Gasteiger partial charge in [-0.2, -0.15) is 13.2 Å². The summed E-state index contributed by atoms with van der Waals surface area (Å²) in [5.41, 5.74) is 5.72. The Balaban J connectivity index is 2.87. The lowest BCUT2D eigenvalue weighted by molar-refractivity contribution is -0.154. The van der Waals surface area contributed by atoms with Crippen LogP contribution in [0.3, 0.4) is 0 Å². The second-order valence-corrected chi connectivity index (χ2v) is 3.97. The zero-order chi connectivity index (χ0) is 13.9. The Kier molecular flexibility index (Phi) is 4.50. The van der Waals surface area contributed by atoms with Crippen molar-refractivity contribution in [3.8, 4) is 5.75 Å². The highest BCUT2D eigenvalue weighted by Crippen LogP contribution is 2.26. The molecule has 0 aliphatic carbocycles. The van der Waals surface area contributed by atoms with Gasteiger partial charge in [0.2, 0.25) is 0 Å². The first kappa shape index (κ1) is 14.7. The van der Waals surface area contributed by atoms with Crippen LogP contribution < -0.4 is 10.5 Å². The third-order valence-electron chi connectivity index (χ3n) is 2.00. The molecule has 0 heterocycles. The van der Waals surface area contributed by atoms with E-state index in [-0.39, 0.29) is 18.0 Å². The molecule has 1 aromatic rings. The molecule has 0 saturated heterocycles. The Morgan fingerprint density at radius 2 is 1.72 bits per heavy atom. The van der Waals surface area contributed by atoms with Gasteiger partial charge in [0, 0.05) is 6.04 Å². The van der Waals surface area contributed by atoms with Crippen molar-refractivity contribution in [1.82, 2.24) is 0 Å². The minimum absolute atomic E-state index is 0.216. The fraction of sp³-hybridized carbons (Fsp3) is 0.455. The normalized spacial score (nSPS) is 13.5. The number of hydrogen-bond acceptors (Lipinski definition) is 2. The summed E-state index contributed by atoms with van der Waals surface area (Å²) >= 11 is 0. The summed E-state index contributed by atoms with van der Waals surface area (Å²) < 4.78 is 66.4. The minimum atomic E-state index is -4.65. The van der Waals surface area contributed by atoms with Gasteiger partial charge in [-0.05, 0) is 31.0 Å². The highest BCUT2D eigenvalue weighted by atomic mass is 19.4. The Labute approximate surface area is 101 Å². The topological polar surface area (TPSA) is 35.2 Å². The molecule has 1 atom stereocenters. The maximum absolute atomic E-state index is 13.4. The average Bonchev–Trinajstić information content (AvgIpc) is 2.12. The standard InChI is InChI=1S/C11H12F5NO/c1-6(17)2-7-3-8(12)10(9(13)4-7)18-5-11(14,15)16/h3-4,6H,2,5,17H2,1H3. The minimum Gasteiger partial charge on any atom is -0.478 e. The van der Waals surface area contributed by atoms with Crippen molar-refractivity contribution in [2.45, 2.75) is 25.6 Å². The van der Waals surface area contributed by atoms with Gasteiger partial charge in [-0.15, -0.1) is 0 Å². The lowest BCUT2D eigenvalue weighted by Crippen LogP contribution is -2.21. The SMILES string of the molecule is CC(N)Cc1cc(F)c(OCC(F)(F)F)c(F)c1. The van der Waals surface area contributed by atoms with Crippen LogP contribution in [0.15, 0.2) is 12.1 Å². The van der Waals surface area contributed by atoms with E-state index in [4.69, 9.17) is 5.73 Å². The molecular weight excluding hydrogens is 257 g/mol. The molecular formula is C11H12F5NO. The van der Waals surface area contributed by atoms with Crippen molar-refractivity contribution >= 4 is 0 Å². The van der Waals surface area contributed by atoms with E-state index in [1.54, 1.807) is 6.92 Å². The Morgan fingerprint density at radius 3 is 2.11 bits per heavy atom. The first-order chi connectivity index (χ1) is 8.19. The molecule has 1 rings (SSSR count). The van der Waals surface area contributed by atoms with Crippen LogP contribution >= 0.6 is 0 Å². The van der Waals surface area contributed by atoms with Crippen molar-refractivity contribution in [2.24, 2.45) is 5.73 Å². The summed E-state index contributed by atoms with van der Waals surface area (Å²) in [5.74, 6) is -3.37. The number of nitrogens with two attached hydrogens (primary N) is 1. The second kappa shape index (κ2) is 5.51. The van der Waals surface area contributed by atoms with Gasteiger partial charge in [-0.3, -0.25) is 0 Å². The Bertz CT molecular complexity index is 393. The van der Waals surface area contributed by atoms with E-state index in [1.165, 1.54) is 0 Å².